The molecule has 9 rings (SSSR count). The highest BCUT2D eigenvalue weighted by Crippen LogP contribution is 2.56. The summed E-state index contributed by atoms with van der Waals surface area (Å²) in [7, 11) is 0. The number of rotatable bonds is 2. The summed E-state index contributed by atoms with van der Waals surface area (Å²) in [5.74, 6) is -2.67. The average molecular weight is 566 g/mol. The molecule has 0 aromatic heterocycles. The van der Waals surface area contributed by atoms with Gasteiger partial charge in [0.2, 0.25) is 18.6 Å². The minimum atomic E-state index is -0.929. The molecule has 4 atom stereocenters. The maximum absolute atomic E-state index is 14.4. The molecule has 3 aliphatic heterocycles. The van der Waals surface area contributed by atoms with Gasteiger partial charge < -0.3 is 14.2 Å². The summed E-state index contributed by atoms with van der Waals surface area (Å²) in [6.07, 6.45) is 1.99. The van der Waals surface area contributed by atoms with E-state index in [0.29, 0.717) is 28.5 Å². The molecule has 0 bridgehead atoms. The number of amides is 2. The normalized spacial score (nSPS) is 23.6. The number of carbonyl (C=O) groups excluding carboxylic acids is 3. The lowest BCUT2D eigenvalue weighted by Crippen LogP contribution is -2.42. The zero-order valence-electron chi connectivity index (χ0n) is 22.7. The van der Waals surface area contributed by atoms with Crippen LogP contribution in [-0.2, 0) is 14.4 Å². The van der Waals surface area contributed by atoms with Crippen LogP contribution in [0, 0.1) is 17.8 Å². The molecule has 4 aliphatic rings. The van der Waals surface area contributed by atoms with Gasteiger partial charge in [0.15, 0.2) is 11.5 Å². The molecule has 3 heterocycles. The Morgan fingerprint density at radius 2 is 1.42 bits per heavy atom. The number of hydrogen-bond donors (Lipinski definition) is 0. The molecule has 1 aliphatic carbocycles. The average Bonchev–Trinajstić information content (AvgIpc) is 3.61. The minimum absolute atomic E-state index is 0.123. The van der Waals surface area contributed by atoms with Crippen LogP contribution < -0.4 is 19.1 Å². The number of allylic oxidation sites excluding steroid dienone is 1. The first-order valence-electron chi connectivity index (χ1n) is 14.3. The van der Waals surface area contributed by atoms with Gasteiger partial charge in [-0.15, -0.1) is 0 Å². The van der Waals surface area contributed by atoms with Gasteiger partial charge in [0.1, 0.15) is 5.75 Å². The molecule has 0 saturated carbocycles. The van der Waals surface area contributed by atoms with Gasteiger partial charge in [-0.2, -0.15) is 0 Å². The van der Waals surface area contributed by atoms with E-state index in [4.69, 9.17) is 14.2 Å². The van der Waals surface area contributed by atoms with Gasteiger partial charge in [-0.3, -0.25) is 14.4 Å². The second-order valence-electron chi connectivity index (χ2n) is 11.4. The van der Waals surface area contributed by atoms with Crippen LogP contribution in [0.1, 0.15) is 17.0 Å². The standard InChI is InChI=1S/C36H23NO6/c38-34-30-26(22-11-14-28-29(16-22)42-18-41-28)17-27-25-13-10-20-6-3-4-8-24(20)33(25)43-36(40)31(27)32(30)35(39)37(34)23-12-9-19-5-1-2-7-21(19)15-23/h1-17,26,30-32H,18H2/t26-,30+,31-,32-/m1/s1. The Kier molecular flexibility index (Phi) is 4.94. The first-order chi connectivity index (χ1) is 21.1. The Labute approximate surface area is 245 Å². The molecule has 2 amide bonds. The SMILES string of the molecule is O=C1Oc2c(ccc3ccccc23)C2=C[C@H](c3ccc4c(c3)OCO4)[C@@H]3C(=O)N(c4ccc5ccccc5c4)C(=O)[C@H]3[C@H]12. The lowest BCUT2D eigenvalue weighted by Gasteiger charge is -2.38. The zero-order valence-corrected chi connectivity index (χ0v) is 22.7. The van der Waals surface area contributed by atoms with E-state index in [2.05, 4.69) is 0 Å². The van der Waals surface area contributed by atoms with Crippen molar-refractivity contribution in [2.45, 2.75) is 5.92 Å². The number of esters is 1. The van der Waals surface area contributed by atoms with E-state index in [-0.39, 0.29) is 12.7 Å². The van der Waals surface area contributed by atoms with Crippen LogP contribution in [-0.4, -0.2) is 24.6 Å². The van der Waals surface area contributed by atoms with E-state index >= 15 is 0 Å². The van der Waals surface area contributed by atoms with Crippen molar-refractivity contribution in [2.75, 3.05) is 11.7 Å². The summed E-state index contributed by atoms with van der Waals surface area (Å²) in [6, 6.07) is 30.6. The molecular weight excluding hydrogens is 542 g/mol. The number of hydrogen-bond acceptors (Lipinski definition) is 6. The van der Waals surface area contributed by atoms with Crippen molar-refractivity contribution in [2.24, 2.45) is 17.8 Å². The smallest absolute Gasteiger partial charge is 0.319 e. The fourth-order valence-corrected chi connectivity index (χ4v) is 7.30. The monoisotopic (exact) mass is 565 g/mol. The molecule has 208 valence electrons. The van der Waals surface area contributed by atoms with Crippen LogP contribution >= 0.6 is 0 Å². The quantitative estimate of drug-likeness (QED) is 0.143. The number of anilines is 1. The highest BCUT2D eigenvalue weighted by Gasteiger charge is 2.60. The fourth-order valence-electron chi connectivity index (χ4n) is 7.30. The van der Waals surface area contributed by atoms with E-state index in [0.717, 1.165) is 32.7 Å². The van der Waals surface area contributed by atoms with Crippen molar-refractivity contribution < 1.29 is 28.6 Å². The van der Waals surface area contributed by atoms with Crippen molar-refractivity contribution >= 4 is 50.6 Å². The maximum Gasteiger partial charge on any atom is 0.319 e. The summed E-state index contributed by atoms with van der Waals surface area (Å²) in [4.78, 5) is 43.9. The predicted octanol–water partition coefficient (Wildman–Crippen LogP) is 6.24. The van der Waals surface area contributed by atoms with Gasteiger partial charge in [0.25, 0.3) is 0 Å². The molecule has 7 heteroatoms. The molecule has 1 fully saturated rings. The highest BCUT2D eigenvalue weighted by atomic mass is 16.7. The van der Waals surface area contributed by atoms with E-state index < -0.39 is 35.5 Å². The third-order valence-electron chi connectivity index (χ3n) is 9.26. The van der Waals surface area contributed by atoms with E-state index in [1.54, 1.807) is 6.07 Å². The van der Waals surface area contributed by atoms with E-state index in [1.807, 2.05) is 97.1 Å². The van der Waals surface area contributed by atoms with Crippen molar-refractivity contribution in [1.29, 1.82) is 0 Å². The molecule has 5 aromatic carbocycles. The first kappa shape index (κ1) is 24.2. The van der Waals surface area contributed by atoms with Crippen molar-refractivity contribution in [3.8, 4) is 17.2 Å². The molecule has 43 heavy (non-hydrogen) atoms. The van der Waals surface area contributed by atoms with Crippen LogP contribution in [0.5, 0.6) is 17.2 Å². The number of carbonyl (C=O) groups is 3. The minimum Gasteiger partial charge on any atom is -0.454 e. The van der Waals surface area contributed by atoms with Gasteiger partial charge in [0, 0.05) is 16.9 Å². The Bertz CT molecular complexity index is 2100. The van der Waals surface area contributed by atoms with Crippen molar-refractivity contribution in [3.05, 3.63) is 114 Å². The van der Waals surface area contributed by atoms with Crippen LogP contribution in [0.2, 0.25) is 0 Å². The third-order valence-corrected chi connectivity index (χ3v) is 9.26. The Morgan fingerprint density at radius 1 is 0.674 bits per heavy atom. The van der Waals surface area contributed by atoms with Gasteiger partial charge in [-0.1, -0.05) is 78.9 Å². The molecule has 5 aromatic rings. The maximum atomic E-state index is 14.4. The number of nitrogens with zero attached hydrogens (tertiary/aromatic N) is 1. The number of ether oxygens (including phenoxy) is 3. The number of benzene rings is 5. The van der Waals surface area contributed by atoms with E-state index in [9.17, 15) is 14.4 Å². The second kappa shape index (κ2) is 8.79. The summed E-state index contributed by atoms with van der Waals surface area (Å²) < 4.78 is 17.2. The summed E-state index contributed by atoms with van der Waals surface area (Å²) in [6.45, 7) is 0.123. The van der Waals surface area contributed by atoms with E-state index in [1.165, 1.54) is 4.90 Å². The van der Waals surface area contributed by atoms with Gasteiger partial charge in [-0.25, -0.2) is 4.90 Å². The molecule has 0 unspecified atom stereocenters. The lowest BCUT2D eigenvalue weighted by molar-refractivity contribution is -0.142. The fraction of sp³-hybridized carbons (Fsp3) is 0.139. The summed E-state index contributed by atoms with van der Waals surface area (Å²) in [5.41, 5.74) is 2.77. The van der Waals surface area contributed by atoms with Crippen LogP contribution in [0.15, 0.2) is 103 Å². The Hall–Kier alpha value is -5.43. The first-order valence-corrected chi connectivity index (χ1v) is 14.3. The summed E-state index contributed by atoms with van der Waals surface area (Å²) >= 11 is 0. The third kappa shape index (κ3) is 3.39. The molecule has 1 saturated heterocycles. The van der Waals surface area contributed by atoms with Crippen LogP contribution in [0.4, 0.5) is 5.69 Å². The topological polar surface area (TPSA) is 82.1 Å². The molecule has 0 spiro atoms. The van der Waals surface area contributed by atoms with Gasteiger partial charge in [-0.05, 0) is 51.6 Å². The van der Waals surface area contributed by atoms with Crippen molar-refractivity contribution in [3.63, 3.8) is 0 Å². The molecule has 7 nitrogen and oxygen atoms in total. The number of imide groups is 1. The zero-order chi connectivity index (χ0) is 28.8. The van der Waals surface area contributed by atoms with Crippen molar-refractivity contribution in [1.82, 2.24) is 0 Å². The van der Waals surface area contributed by atoms with Crippen LogP contribution in [0.3, 0.4) is 0 Å². The predicted molar refractivity (Wildman–Crippen MR) is 160 cm³/mol. The molecule has 0 N–H and O–H groups in total. The Balaban J connectivity index is 1.24. The largest absolute Gasteiger partial charge is 0.454 e. The molecule has 0 radical (unpaired) electrons. The van der Waals surface area contributed by atoms with Gasteiger partial charge >= 0.3 is 5.97 Å². The Morgan fingerprint density at radius 3 is 2.30 bits per heavy atom. The highest BCUT2D eigenvalue weighted by molar-refractivity contribution is 6.25. The molecular formula is C36H23NO6. The second-order valence-corrected chi connectivity index (χ2v) is 11.4. The van der Waals surface area contributed by atoms with Gasteiger partial charge in [0.05, 0.1) is 23.4 Å². The van der Waals surface area contributed by atoms with Crippen LogP contribution in [0.25, 0.3) is 27.1 Å². The summed E-state index contributed by atoms with van der Waals surface area (Å²) in [5, 5.41) is 3.69. The number of fused-ring (bicyclic) bond motifs is 9. The lowest BCUT2D eigenvalue weighted by atomic mass is 9.64.